The number of amides is 1. The monoisotopic (exact) mass is 378 g/mol. The average Bonchev–Trinajstić information content (AvgIpc) is 2.72. The van der Waals surface area contributed by atoms with Crippen LogP contribution in [0.5, 0.6) is 5.75 Å². The van der Waals surface area contributed by atoms with Gasteiger partial charge in [-0.05, 0) is 61.2 Å². The third-order valence-electron chi connectivity index (χ3n) is 4.51. The van der Waals surface area contributed by atoms with Crippen molar-refractivity contribution in [2.75, 3.05) is 13.7 Å². The molecule has 144 valence electrons. The first-order valence-electron chi connectivity index (χ1n) is 9.20. The van der Waals surface area contributed by atoms with Gasteiger partial charge in [0.2, 0.25) is 0 Å². The summed E-state index contributed by atoms with van der Waals surface area (Å²) in [6.07, 6.45) is 3.15. The molecule has 5 heteroatoms. The zero-order valence-electron chi connectivity index (χ0n) is 16.0. The summed E-state index contributed by atoms with van der Waals surface area (Å²) in [7, 11) is 1.56. The maximum Gasteiger partial charge on any atom is 0.252 e. The van der Waals surface area contributed by atoms with Crippen LogP contribution in [0.15, 0.2) is 60.8 Å². The third-order valence-corrected chi connectivity index (χ3v) is 4.51. The molecular formula is C23H23FN2O2. The van der Waals surface area contributed by atoms with E-state index >= 15 is 0 Å². The first-order valence-corrected chi connectivity index (χ1v) is 9.20. The van der Waals surface area contributed by atoms with Crippen molar-refractivity contribution in [2.24, 2.45) is 0 Å². The number of benzene rings is 2. The zero-order chi connectivity index (χ0) is 19.9. The minimum atomic E-state index is -0.281. The van der Waals surface area contributed by atoms with Crippen LogP contribution in [0.2, 0.25) is 0 Å². The van der Waals surface area contributed by atoms with E-state index in [-0.39, 0.29) is 11.7 Å². The summed E-state index contributed by atoms with van der Waals surface area (Å²) in [5.41, 5.74) is 3.85. The lowest BCUT2D eigenvalue weighted by atomic mass is 10.0. The predicted molar refractivity (Wildman–Crippen MR) is 108 cm³/mol. The lowest BCUT2D eigenvalue weighted by molar-refractivity contribution is 0.0953. The highest BCUT2D eigenvalue weighted by Gasteiger charge is 2.08. The zero-order valence-corrected chi connectivity index (χ0v) is 16.0. The molecule has 3 rings (SSSR count). The van der Waals surface area contributed by atoms with Crippen molar-refractivity contribution < 1.29 is 13.9 Å². The molecule has 0 fully saturated rings. The lowest BCUT2D eigenvalue weighted by Gasteiger charge is -2.09. The van der Waals surface area contributed by atoms with E-state index in [4.69, 9.17) is 4.74 Å². The summed E-state index contributed by atoms with van der Waals surface area (Å²) < 4.78 is 19.4. The van der Waals surface area contributed by atoms with Crippen molar-refractivity contribution in [1.29, 1.82) is 0 Å². The summed E-state index contributed by atoms with van der Waals surface area (Å²) in [4.78, 5) is 16.2. The number of aromatic nitrogens is 1. The van der Waals surface area contributed by atoms with E-state index in [0.29, 0.717) is 23.4 Å². The van der Waals surface area contributed by atoms with Crippen LogP contribution < -0.4 is 10.1 Å². The van der Waals surface area contributed by atoms with Crippen LogP contribution >= 0.6 is 0 Å². The Labute approximate surface area is 164 Å². The van der Waals surface area contributed by atoms with E-state index in [2.05, 4.69) is 10.3 Å². The Balaban J connectivity index is 1.58. The molecule has 0 saturated carbocycles. The molecule has 0 bridgehead atoms. The lowest BCUT2D eigenvalue weighted by Crippen LogP contribution is -2.24. The Morgan fingerprint density at radius 3 is 2.75 bits per heavy atom. The molecule has 0 unspecified atom stereocenters. The van der Waals surface area contributed by atoms with Crippen LogP contribution in [0.4, 0.5) is 4.39 Å². The summed E-state index contributed by atoms with van der Waals surface area (Å²) in [6.45, 7) is 2.44. The topological polar surface area (TPSA) is 51.2 Å². The first-order chi connectivity index (χ1) is 13.6. The second kappa shape index (κ2) is 9.13. The largest absolute Gasteiger partial charge is 0.497 e. The third kappa shape index (κ3) is 4.94. The van der Waals surface area contributed by atoms with Gasteiger partial charge in [0.05, 0.1) is 12.7 Å². The normalized spacial score (nSPS) is 10.5. The molecule has 3 aromatic rings. The van der Waals surface area contributed by atoms with Gasteiger partial charge in [-0.2, -0.15) is 0 Å². The fraction of sp³-hybridized carbons (Fsp3) is 0.217. The average molecular weight is 378 g/mol. The Kier molecular flexibility index (Phi) is 6.37. The van der Waals surface area contributed by atoms with E-state index in [0.717, 1.165) is 29.7 Å². The molecule has 0 aliphatic carbocycles. The first kappa shape index (κ1) is 19.5. The molecule has 0 radical (unpaired) electrons. The molecule has 0 aliphatic heterocycles. The minimum Gasteiger partial charge on any atom is -0.497 e. The van der Waals surface area contributed by atoms with Crippen molar-refractivity contribution >= 4 is 5.91 Å². The number of halogens is 1. The quantitative estimate of drug-likeness (QED) is 0.613. The summed E-state index contributed by atoms with van der Waals surface area (Å²) in [5, 5.41) is 2.90. The summed E-state index contributed by atoms with van der Waals surface area (Å²) in [5.74, 6) is 0.215. The van der Waals surface area contributed by atoms with E-state index < -0.39 is 0 Å². The fourth-order valence-electron chi connectivity index (χ4n) is 2.95. The Morgan fingerprint density at radius 1 is 1.14 bits per heavy atom. The van der Waals surface area contributed by atoms with Gasteiger partial charge in [0.25, 0.3) is 5.91 Å². The van der Waals surface area contributed by atoms with E-state index in [1.165, 1.54) is 6.07 Å². The Bertz CT molecular complexity index is 955. The minimum absolute atomic E-state index is 0.125. The van der Waals surface area contributed by atoms with Crippen LogP contribution in [0, 0.1) is 12.7 Å². The molecule has 1 heterocycles. The number of hydrogen-bond acceptors (Lipinski definition) is 3. The maximum absolute atomic E-state index is 14.2. The SMILES string of the molecule is COc1ccc(F)c(-c2cccc(CCCNC(=O)c3ccc(C)nc3)c2)c1. The van der Waals surface area contributed by atoms with Gasteiger partial charge in [0.1, 0.15) is 11.6 Å². The van der Waals surface area contributed by atoms with Crippen LogP contribution in [-0.2, 0) is 6.42 Å². The van der Waals surface area contributed by atoms with Crippen LogP contribution in [0.3, 0.4) is 0 Å². The molecular weight excluding hydrogens is 355 g/mol. The van der Waals surface area contributed by atoms with Crippen molar-refractivity contribution in [1.82, 2.24) is 10.3 Å². The second-order valence-corrected chi connectivity index (χ2v) is 6.59. The van der Waals surface area contributed by atoms with Crippen molar-refractivity contribution in [3.8, 4) is 16.9 Å². The standard InChI is InChI=1S/C23H23FN2O2/c1-16-8-9-19(15-26-16)23(27)25-12-4-6-17-5-3-7-18(13-17)21-14-20(28-2)10-11-22(21)24/h3,5,7-11,13-15H,4,6,12H2,1-2H3,(H,25,27). The molecule has 0 atom stereocenters. The molecule has 0 saturated heterocycles. The number of methoxy groups -OCH3 is 1. The molecule has 4 nitrogen and oxygen atoms in total. The molecule has 0 aliphatic rings. The maximum atomic E-state index is 14.2. The number of rotatable bonds is 7. The number of pyridine rings is 1. The van der Waals surface area contributed by atoms with Crippen LogP contribution in [0.25, 0.3) is 11.1 Å². The van der Waals surface area contributed by atoms with Gasteiger partial charge in [0, 0.05) is 24.0 Å². The van der Waals surface area contributed by atoms with E-state index in [9.17, 15) is 9.18 Å². The highest BCUT2D eigenvalue weighted by molar-refractivity contribution is 5.93. The molecule has 1 aromatic heterocycles. The number of carbonyl (C=O) groups excluding carboxylic acids is 1. The van der Waals surface area contributed by atoms with Crippen molar-refractivity contribution in [3.63, 3.8) is 0 Å². The number of aryl methyl sites for hydroxylation is 2. The summed E-state index contributed by atoms with van der Waals surface area (Å²) >= 11 is 0. The molecule has 0 spiro atoms. The van der Waals surface area contributed by atoms with Gasteiger partial charge in [-0.3, -0.25) is 9.78 Å². The van der Waals surface area contributed by atoms with E-state index in [1.54, 1.807) is 31.5 Å². The molecule has 1 N–H and O–H groups in total. The van der Waals surface area contributed by atoms with Crippen molar-refractivity contribution in [2.45, 2.75) is 19.8 Å². The number of nitrogens with one attached hydrogen (secondary N) is 1. The van der Waals surface area contributed by atoms with Gasteiger partial charge in [-0.15, -0.1) is 0 Å². The molecule has 1 amide bonds. The van der Waals surface area contributed by atoms with Gasteiger partial charge < -0.3 is 10.1 Å². The van der Waals surface area contributed by atoms with Gasteiger partial charge in [0.15, 0.2) is 0 Å². The Hall–Kier alpha value is -3.21. The van der Waals surface area contributed by atoms with Gasteiger partial charge in [-0.1, -0.05) is 24.3 Å². The predicted octanol–water partition coefficient (Wildman–Crippen LogP) is 4.57. The summed E-state index contributed by atoms with van der Waals surface area (Å²) in [6, 6.07) is 16.1. The van der Waals surface area contributed by atoms with Gasteiger partial charge >= 0.3 is 0 Å². The second-order valence-electron chi connectivity index (χ2n) is 6.59. The van der Waals surface area contributed by atoms with Crippen molar-refractivity contribution in [3.05, 3.63) is 83.4 Å². The van der Waals surface area contributed by atoms with E-state index in [1.807, 2.05) is 37.3 Å². The molecule has 28 heavy (non-hydrogen) atoms. The van der Waals surface area contributed by atoms with Gasteiger partial charge in [-0.25, -0.2) is 4.39 Å². The number of nitrogens with zero attached hydrogens (tertiary/aromatic N) is 1. The number of carbonyl (C=O) groups is 1. The highest BCUT2D eigenvalue weighted by Crippen LogP contribution is 2.27. The fourth-order valence-corrected chi connectivity index (χ4v) is 2.95. The van der Waals surface area contributed by atoms with Crippen LogP contribution in [-0.4, -0.2) is 24.5 Å². The van der Waals surface area contributed by atoms with Crippen LogP contribution in [0.1, 0.15) is 28.0 Å². The smallest absolute Gasteiger partial charge is 0.252 e. The number of hydrogen-bond donors (Lipinski definition) is 1. The highest BCUT2D eigenvalue weighted by atomic mass is 19.1. The Morgan fingerprint density at radius 2 is 2.00 bits per heavy atom. The number of ether oxygens (including phenoxy) is 1. The molecule has 2 aromatic carbocycles.